The summed E-state index contributed by atoms with van der Waals surface area (Å²) in [6.45, 7) is 18.0. The van der Waals surface area contributed by atoms with Gasteiger partial charge >= 0.3 is 0 Å². The van der Waals surface area contributed by atoms with Gasteiger partial charge in [-0.25, -0.2) is 9.69 Å². The molecule has 0 aliphatic carbocycles. The molecule has 8 heteroatoms. The van der Waals surface area contributed by atoms with E-state index in [-0.39, 0.29) is 33.9 Å². The second-order valence-electron chi connectivity index (χ2n) is 18.0. The molecule has 0 atom stereocenters. The highest BCUT2D eigenvalue weighted by atomic mass is 15.2. The van der Waals surface area contributed by atoms with E-state index in [1.807, 2.05) is 155 Å². The fourth-order valence-corrected chi connectivity index (χ4v) is 11.1. The number of fused-ring (bicyclic) bond motifs is 10. The molecule has 74 heavy (non-hydrogen) atoms. The molecule has 13 aromatic rings. The van der Waals surface area contributed by atoms with Gasteiger partial charge in [0.15, 0.2) is 0 Å². The second-order valence-corrected chi connectivity index (χ2v) is 18.0. The molecule has 2 heterocycles. The van der Waals surface area contributed by atoms with Crippen LogP contribution in [0.1, 0.15) is 11.1 Å². The number of nitriles is 2. The van der Waals surface area contributed by atoms with Crippen LogP contribution in [0.2, 0.25) is 0 Å². The van der Waals surface area contributed by atoms with Gasteiger partial charge in [0, 0.05) is 55.7 Å². The number of benzene rings is 11. The first-order chi connectivity index (χ1) is 36.6. The monoisotopic (exact) mass is 942 g/mol. The van der Waals surface area contributed by atoms with Gasteiger partial charge in [0.2, 0.25) is 11.4 Å². The molecule has 342 valence electrons. The van der Waals surface area contributed by atoms with E-state index in [9.17, 15) is 10.5 Å². The number of rotatable bonds is 8. The molecule has 0 unspecified atom stereocenters. The molecule has 8 nitrogen and oxygen atoms in total. The Balaban J connectivity index is 1.12. The van der Waals surface area contributed by atoms with Crippen molar-refractivity contribution >= 4 is 111 Å². The van der Waals surface area contributed by atoms with Crippen molar-refractivity contribution in [3.8, 4) is 23.5 Å². The topological polar surface area (TPSA) is 72.6 Å². The maximum atomic E-state index is 11.6. The third-order valence-electron chi connectivity index (χ3n) is 14.1. The van der Waals surface area contributed by atoms with Crippen molar-refractivity contribution in [2.75, 3.05) is 9.80 Å². The van der Waals surface area contributed by atoms with Crippen LogP contribution in [0.15, 0.2) is 231 Å². The smallest absolute Gasteiger partial charge is 0.219 e. The average Bonchev–Trinajstić information content (AvgIpc) is 4.02. The Morgan fingerprint density at radius 1 is 0.338 bits per heavy atom. The Hall–Kier alpha value is -10.9. The minimum absolute atomic E-state index is 0.00285. The summed E-state index contributed by atoms with van der Waals surface area (Å²) >= 11 is 0. The summed E-state index contributed by atoms with van der Waals surface area (Å²) in [6, 6.07) is 82.6. The molecule has 0 fully saturated rings. The first kappa shape index (κ1) is 43.1. The van der Waals surface area contributed by atoms with E-state index in [4.69, 9.17) is 13.1 Å². The van der Waals surface area contributed by atoms with Gasteiger partial charge in [0.1, 0.15) is 0 Å². The predicted octanol–water partition coefficient (Wildman–Crippen LogP) is 18.0. The summed E-state index contributed by atoms with van der Waals surface area (Å²) < 4.78 is 3.85. The summed E-state index contributed by atoms with van der Waals surface area (Å²) in [4.78, 5) is 12.8. The number of hydrogen-bond donors (Lipinski definition) is 0. The van der Waals surface area contributed by atoms with Crippen LogP contribution in [-0.2, 0) is 0 Å². The Morgan fingerprint density at radius 3 is 1.04 bits per heavy atom. The van der Waals surface area contributed by atoms with E-state index in [0.717, 1.165) is 88.2 Å². The Morgan fingerprint density at radius 2 is 0.676 bits per heavy atom. The maximum absolute atomic E-state index is 11.6. The molecule has 0 spiro atoms. The van der Waals surface area contributed by atoms with Crippen molar-refractivity contribution in [3.05, 3.63) is 264 Å². The Labute approximate surface area is 426 Å². The first-order valence-corrected chi connectivity index (χ1v) is 24.1. The Bertz CT molecular complexity index is 4160. The zero-order valence-electron chi connectivity index (χ0n) is 39.5. The molecule has 11 aromatic carbocycles. The average molecular weight is 943 g/mol. The highest BCUT2D eigenvalue weighted by Crippen LogP contribution is 2.51. The molecular formula is C66H38N8. The summed E-state index contributed by atoms with van der Waals surface area (Å²) in [6.07, 6.45) is 0. The van der Waals surface area contributed by atoms with Crippen LogP contribution >= 0.6 is 0 Å². The molecule has 0 radical (unpaired) electrons. The molecule has 2 aromatic heterocycles. The summed E-state index contributed by atoms with van der Waals surface area (Å²) in [5.41, 5.74) is 8.93. The third-order valence-corrected chi connectivity index (χ3v) is 14.1. The van der Waals surface area contributed by atoms with Gasteiger partial charge in [-0.15, -0.1) is 0 Å². The van der Waals surface area contributed by atoms with Crippen molar-refractivity contribution in [1.29, 1.82) is 10.5 Å². The van der Waals surface area contributed by atoms with Crippen molar-refractivity contribution in [1.82, 2.24) is 9.13 Å². The SMILES string of the molecule is [C-]#[N+]c1c(C#N)c(-n2c3ccc(N(c4ccccc4)c4ccccc4)cc3c3c4ccccc4ccc32)c(C#N)c([N+]#[C-])c1-n1c2ccc(N(c3ccccc3)c3ccccc3)cc2c2c3ccccc3ccc21. The van der Waals surface area contributed by atoms with Crippen LogP contribution in [-0.4, -0.2) is 9.13 Å². The summed E-state index contributed by atoms with van der Waals surface area (Å²) in [5, 5.41) is 30.8. The summed E-state index contributed by atoms with van der Waals surface area (Å²) in [7, 11) is 0. The molecule has 0 bridgehead atoms. The third kappa shape index (κ3) is 6.58. The normalized spacial score (nSPS) is 11.2. The quantitative estimate of drug-likeness (QED) is 0.142. The fraction of sp³-hybridized carbons (Fsp3) is 0. The van der Waals surface area contributed by atoms with Crippen LogP contribution in [0, 0.1) is 35.8 Å². The molecule has 0 aliphatic rings. The minimum Gasteiger partial charge on any atom is -0.329 e. The van der Waals surface area contributed by atoms with E-state index in [1.54, 1.807) is 0 Å². The van der Waals surface area contributed by atoms with E-state index < -0.39 is 0 Å². The maximum Gasteiger partial charge on any atom is 0.219 e. The largest absolute Gasteiger partial charge is 0.329 e. The zero-order valence-corrected chi connectivity index (χ0v) is 39.5. The van der Waals surface area contributed by atoms with Gasteiger partial charge in [-0.1, -0.05) is 133 Å². The highest BCUT2D eigenvalue weighted by molar-refractivity contribution is 6.24. The number of aromatic nitrogens is 2. The second kappa shape index (κ2) is 17.5. The van der Waals surface area contributed by atoms with Gasteiger partial charge in [-0.3, -0.25) is 0 Å². The molecule has 13 rings (SSSR count). The molecule has 0 amide bonds. The molecule has 0 saturated carbocycles. The summed E-state index contributed by atoms with van der Waals surface area (Å²) in [5.74, 6) is 0. The standard InChI is InChI=1S/C66H38N8/c1-69-63-55(41-67)65(73-57-37-33-49(71(45-21-7-3-8-22-45)46-23-9-4-10-24-46)39-53(57)61-51-29-17-15-19-43(51)31-35-59(61)73)56(42-68)64(70-2)66(63)74-58-38-34-50(72(47-25-11-5-12-26-47)48-27-13-6-14-28-48)40-54(58)62-52-30-18-16-20-44(52)32-36-60(62)74/h3-40H. The molecule has 0 N–H and O–H groups in total. The van der Waals surface area contributed by atoms with Crippen molar-refractivity contribution in [2.45, 2.75) is 0 Å². The van der Waals surface area contributed by atoms with Crippen molar-refractivity contribution < 1.29 is 0 Å². The number of anilines is 6. The van der Waals surface area contributed by atoms with Gasteiger partial charge in [-0.2, -0.15) is 10.5 Å². The highest BCUT2D eigenvalue weighted by Gasteiger charge is 2.32. The zero-order chi connectivity index (χ0) is 49.9. The Kier molecular flexibility index (Phi) is 10.2. The van der Waals surface area contributed by atoms with Gasteiger partial charge in [0.05, 0.1) is 69.9 Å². The van der Waals surface area contributed by atoms with E-state index in [2.05, 4.69) is 117 Å². The van der Waals surface area contributed by atoms with Crippen LogP contribution < -0.4 is 9.80 Å². The van der Waals surface area contributed by atoms with Gasteiger partial charge in [0.25, 0.3) is 0 Å². The predicted molar refractivity (Wildman–Crippen MR) is 301 cm³/mol. The lowest BCUT2D eigenvalue weighted by molar-refractivity contribution is 1.14. The molecule has 0 saturated heterocycles. The minimum atomic E-state index is -0.0227. The fourth-order valence-electron chi connectivity index (χ4n) is 11.1. The van der Waals surface area contributed by atoms with Crippen LogP contribution in [0.4, 0.5) is 45.5 Å². The van der Waals surface area contributed by atoms with Crippen molar-refractivity contribution in [2.24, 2.45) is 0 Å². The van der Waals surface area contributed by atoms with Crippen LogP contribution in [0.3, 0.4) is 0 Å². The lowest BCUT2D eigenvalue weighted by Gasteiger charge is -2.25. The molecular weight excluding hydrogens is 905 g/mol. The van der Waals surface area contributed by atoms with Crippen LogP contribution in [0.25, 0.3) is 86.2 Å². The first-order valence-electron chi connectivity index (χ1n) is 24.1. The number of nitrogens with zero attached hydrogens (tertiary/aromatic N) is 8. The lowest BCUT2D eigenvalue weighted by atomic mass is 10.00. The van der Waals surface area contributed by atoms with Crippen molar-refractivity contribution in [3.63, 3.8) is 0 Å². The van der Waals surface area contributed by atoms with E-state index >= 15 is 0 Å². The van der Waals surface area contributed by atoms with Gasteiger partial charge in [-0.05, 0) is 119 Å². The molecule has 0 aliphatic heterocycles. The van der Waals surface area contributed by atoms with E-state index in [1.165, 1.54) is 0 Å². The van der Waals surface area contributed by atoms with E-state index in [0.29, 0.717) is 11.0 Å². The lowest BCUT2D eigenvalue weighted by Crippen LogP contribution is -2.10. The number of para-hydroxylation sites is 4. The van der Waals surface area contributed by atoms with Gasteiger partial charge < -0.3 is 18.9 Å². The number of hydrogen-bond acceptors (Lipinski definition) is 4. The van der Waals surface area contributed by atoms with Crippen LogP contribution in [0.5, 0.6) is 0 Å².